The number of hydrogen-bond donors (Lipinski definition) is 1. The van der Waals surface area contributed by atoms with Gasteiger partial charge < -0.3 is 5.11 Å². The number of fused-ring (bicyclic) bond motifs is 4. The molecule has 13 heavy (non-hydrogen) atoms. The molecule has 0 unspecified atom stereocenters. The Kier molecular flexibility index (Phi) is 1.37. The molecule has 0 radical (unpaired) electrons. The van der Waals surface area contributed by atoms with Crippen LogP contribution in [0.15, 0.2) is 24.3 Å². The Bertz CT molecular complexity index is 345. The third kappa shape index (κ3) is 0.806. The maximum absolute atomic E-state index is 10.4. The quantitative estimate of drug-likeness (QED) is 0.641. The predicted molar refractivity (Wildman–Crippen MR) is 51.5 cm³/mol. The fraction of sp³-hybridized carbons (Fsp3) is 0.500. The summed E-state index contributed by atoms with van der Waals surface area (Å²) in [4.78, 5) is 0. The summed E-state index contributed by atoms with van der Waals surface area (Å²) in [7, 11) is 0. The van der Waals surface area contributed by atoms with Gasteiger partial charge in [0.15, 0.2) is 0 Å². The summed E-state index contributed by atoms with van der Waals surface area (Å²) >= 11 is 0. The third-order valence-electron chi connectivity index (χ3n) is 3.68. The van der Waals surface area contributed by atoms with E-state index in [1.54, 1.807) is 0 Å². The summed E-state index contributed by atoms with van der Waals surface area (Å²) < 4.78 is 0. The van der Waals surface area contributed by atoms with E-state index in [1.165, 1.54) is 30.4 Å². The minimum atomic E-state index is -0.450. The second kappa shape index (κ2) is 2.36. The predicted octanol–water partition coefficient (Wildman–Crippen LogP) is 2.55. The smallest absolute Gasteiger partial charge is 0.0967 e. The first-order valence-electron chi connectivity index (χ1n) is 5.14. The average molecular weight is 174 g/mol. The van der Waals surface area contributed by atoms with E-state index in [1.807, 2.05) is 6.07 Å². The molecule has 0 amide bonds. The summed E-state index contributed by atoms with van der Waals surface area (Å²) in [5.41, 5.74) is 2.14. The Balaban J connectivity index is 2.11. The number of rotatable bonds is 0. The molecule has 0 bridgehead atoms. The molecule has 2 aliphatic rings. The van der Waals surface area contributed by atoms with Crippen LogP contribution in [0.1, 0.15) is 42.7 Å². The second-order valence-corrected chi connectivity index (χ2v) is 4.31. The molecule has 1 aromatic carbocycles. The highest BCUT2D eigenvalue weighted by atomic mass is 16.3. The van der Waals surface area contributed by atoms with E-state index in [0.717, 1.165) is 6.42 Å². The van der Waals surface area contributed by atoms with Crippen LogP contribution in [0.25, 0.3) is 0 Å². The highest BCUT2D eigenvalue weighted by molar-refractivity contribution is 5.48. The van der Waals surface area contributed by atoms with Crippen molar-refractivity contribution in [2.24, 2.45) is 0 Å². The van der Waals surface area contributed by atoms with Gasteiger partial charge in [-0.15, -0.1) is 0 Å². The monoisotopic (exact) mass is 174 g/mol. The van der Waals surface area contributed by atoms with E-state index in [9.17, 15) is 5.11 Å². The van der Waals surface area contributed by atoms with Crippen LogP contribution in [0.3, 0.4) is 0 Å². The molecule has 3 rings (SSSR count). The van der Waals surface area contributed by atoms with Gasteiger partial charge in [0.25, 0.3) is 0 Å². The molecule has 1 nitrogen and oxygen atoms in total. The molecule has 1 saturated carbocycles. The number of aliphatic hydroxyl groups is 1. The van der Waals surface area contributed by atoms with Gasteiger partial charge in [-0.25, -0.2) is 0 Å². The Morgan fingerprint density at radius 3 is 3.00 bits per heavy atom. The van der Waals surface area contributed by atoms with Crippen molar-refractivity contribution in [2.75, 3.05) is 0 Å². The van der Waals surface area contributed by atoms with Crippen molar-refractivity contribution in [1.29, 1.82) is 0 Å². The third-order valence-corrected chi connectivity index (χ3v) is 3.68. The highest BCUT2D eigenvalue weighted by Gasteiger charge is 2.50. The first-order chi connectivity index (χ1) is 6.32. The van der Waals surface area contributed by atoms with Crippen molar-refractivity contribution in [2.45, 2.75) is 37.2 Å². The van der Waals surface area contributed by atoms with Crippen LogP contribution in [0.4, 0.5) is 0 Å². The van der Waals surface area contributed by atoms with Gasteiger partial charge in [0, 0.05) is 5.92 Å². The largest absolute Gasteiger partial charge is 0.385 e. The van der Waals surface area contributed by atoms with Crippen molar-refractivity contribution in [3.63, 3.8) is 0 Å². The van der Waals surface area contributed by atoms with E-state index in [0.29, 0.717) is 5.92 Å². The van der Waals surface area contributed by atoms with Crippen LogP contribution in [0.2, 0.25) is 0 Å². The Labute approximate surface area is 78.4 Å². The Morgan fingerprint density at radius 1 is 1.23 bits per heavy atom. The molecule has 0 spiro atoms. The zero-order chi connectivity index (χ0) is 8.89. The molecule has 68 valence electrons. The molecule has 0 saturated heterocycles. The van der Waals surface area contributed by atoms with Gasteiger partial charge in [-0.3, -0.25) is 0 Å². The van der Waals surface area contributed by atoms with Gasteiger partial charge in [0.1, 0.15) is 0 Å². The van der Waals surface area contributed by atoms with E-state index >= 15 is 0 Å². The topological polar surface area (TPSA) is 20.2 Å². The number of benzene rings is 1. The lowest BCUT2D eigenvalue weighted by Gasteiger charge is -2.50. The summed E-state index contributed by atoms with van der Waals surface area (Å²) in [6.07, 6.45) is 4.60. The van der Waals surface area contributed by atoms with Crippen molar-refractivity contribution in [3.8, 4) is 0 Å². The molecule has 1 fully saturated rings. The van der Waals surface area contributed by atoms with Gasteiger partial charge in [0.2, 0.25) is 0 Å². The van der Waals surface area contributed by atoms with E-state index < -0.39 is 5.60 Å². The number of hydrogen-bond acceptors (Lipinski definition) is 1. The second-order valence-electron chi connectivity index (χ2n) is 4.31. The summed E-state index contributed by atoms with van der Waals surface area (Å²) in [5.74, 6) is 0.442. The molecule has 1 heteroatoms. The van der Waals surface area contributed by atoms with Crippen LogP contribution in [-0.2, 0) is 5.60 Å². The molecule has 2 atom stereocenters. The van der Waals surface area contributed by atoms with Gasteiger partial charge in [-0.05, 0) is 24.0 Å². The molecule has 0 aliphatic heterocycles. The lowest BCUT2D eigenvalue weighted by Crippen LogP contribution is -2.45. The normalized spacial score (nSPS) is 35.9. The standard InChI is InChI=1S/C12H14O/c13-12-8-4-3-7-11(12)9-5-1-2-6-10(9)12/h1-2,5-6,11,13H,3-4,7-8H2/t11-,12+/m0/s1. The zero-order valence-electron chi connectivity index (χ0n) is 7.66. The fourth-order valence-electron chi connectivity index (χ4n) is 3.01. The summed E-state index contributed by atoms with van der Waals surface area (Å²) in [5, 5.41) is 10.4. The van der Waals surface area contributed by atoms with Crippen LogP contribution in [0.5, 0.6) is 0 Å². The van der Waals surface area contributed by atoms with E-state index in [4.69, 9.17) is 0 Å². The Hall–Kier alpha value is -0.820. The van der Waals surface area contributed by atoms with Gasteiger partial charge >= 0.3 is 0 Å². The van der Waals surface area contributed by atoms with E-state index in [-0.39, 0.29) is 0 Å². The molecule has 0 heterocycles. The van der Waals surface area contributed by atoms with Gasteiger partial charge in [0.05, 0.1) is 5.60 Å². The molecule has 2 aliphatic carbocycles. The Morgan fingerprint density at radius 2 is 2.08 bits per heavy atom. The minimum Gasteiger partial charge on any atom is -0.385 e. The fourth-order valence-corrected chi connectivity index (χ4v) is 3.01. The maximum Gasteiger partial charge on any atom is 0.0967 e. The van der Waals surface area contributed by atoms with Crippen LogP contribution >= 0.6 is 0 Å². The van der Waals surface area contributed by atoms with Crippen molar-refractivity contribution in [3.05, 3.63) is 35.4 Å². The average Bonchev–Trinajstić information content (AvgIpc) is 2.17. The van der Waals surface area contributed by atoms with Gasteiger partial charge in [-0.1, -0.05) is 37.1 Å². The van der Waals surface area contributed by atoms with Crippen molar-refractivity contribution in [1.82, 2.24) is 0 Å². The molecule has 0 aromatic heterocycles. The first-order valence-corrected chi connectivity index (χ1v) is 5.14. The molecule has 1 aromatic rings. The van der Waals surface area contributed by atoms with E-state index in [2.05, 4.69) is 18.2 Å². The SMILES string of the molecule is O[C@@]12CCCC[C@H]1c1ccccc12. The summed E-state index contributed by atoms with van der Waals surface area (Å²) in [6, 6.07) is 8.35. The zero-order valence-corrected chi connectivity index (χ0v) is 7.66. The molecule has 1 N–H and O–H groups in total. The summed E-state index contributed by atoms with van der Waals surface area (Å²) in [6.45, 7) is 0. The van der Waals surface area contributed by atoms with Gasteiger partial charge in [-0.2, -0.15) is 0 Å². The molecular formula is C12H14O. The minimum absolute atomic E-state index is 0.442. The highest BCUT2D eigenvalue weighted by Crippen LogP contribution is 2.57. The van der Waals surface area contributed by atoms with Crippen LogP contribution in [-0.4, -0.2) is 5.11 Å². The lowest BCUT2D eigenvalue weighted by molar-refractivity contribution is -0.0493. The first kappa shape index (κ1) is 7.57. The van der Waals surface area contributed by atoms with Crippen LogP contribution < -0.4 is 0 Å². The van der Waals surface area contributed by atoms with Crippen molar-refractivity contribution < 1.29 is 5.11 Å². The van der Waals surface area contributed by atoms with Crippen molar-refractivity contribution >= 4 is 0 Å². The molecular weight excluding hydrogens is 160 g/mol. The lowest BCUT2D eigenvalue weighted by atomic mass is 9.58. The van der Waals surface area contributed by atoms with Crippen LogP contribution in [0, 0.1) is 0 Å². The maximum atomic E-state index is 10.4.